The standard InChI is InChI=1S/C33H23NS/c1-33(2)24-14-6-3-11-22(24)30-25(33)18-19-27-31(30)23-12-4-7-15-26(23)34(27)28-16-9-13-21-20-10-5-8-17-29(20)35-32(21)28/h3-19H,1-2H3. The lowest BCUT2D eigenvalue weighted by molar-refractivity contribution is 0.661. The van der Waals surface area contributed by atoms with Crippen LogP contribution in [0.1, 0.15) is 25.0 Å². The van der Waals surface area contributed by atoms with Crippen molar-refractivity contribution in [3.63, 3.8) is 0 Å². The lowest BCUT2D eigenvalue weighted by Crippen LogP contribution is -2.14. The Morgan fingerprint density at radius 3 is 2.26 bits per heavy atom. The van der Waals surface area contributed by atoms with Crippen LogP contribution in [-0.4, -0.2) is 4.57 Å². The summed E-state index contributed by atoms with van der Waals surface area (Å²) in [6.07, 6.45) is 0. The van der Waals surface area contributed by atoms with Gasteiger partial charge < -0.3 is 4.57 Å². The largest absolute Gasteiger partial charge is 0.308 e. The summed E-state index contributed by atoms with van der Waals surface area (Å²) in [5.74, 6) is 0. The predicted octanol–water partition coefficient (Wildman–Crippen LogP) is 9.46. The SMILES string of the molecule is CC1(C)c2ccccc2-c2c1ccc1c2c2ccccc2n1-c1cccc2c1sc1ccccc12. The van der Waals surface area contributed by atoms with Crippen molar-refractivity contribution in [1.29, 1.82) is 0 Å². The lowest BCUT2D eigenvalue weighted by atomic mass is 9.82. The molecule has 0 N–H and O–H groups in total. The van der Waals surface area contributed by atoms with Crippen molar-refractivity contribution < 1.29 is 0 Å². The van der Waals surface area contributed by atoms with Gasteiger partial charge in [-0.25, -0.2) is 0 Å². The normalized spacial score (nSPS) is 14.2. The molecule has 0 amide bonds. The van der Waals surface area contributed by atoms with Crippen LogP contribution < -0.4 is 0 Å². The summed E-state index contributed by atoms with van der Waals surface area (Å²) in [4.78, 5) is 0. The molecule has 5 aromatic carbocycles. The molecule has 0 aliphatic heterocycles. The van der Waals surface area contributed by atoms with Crippen molar-refractivity contribution in [2.75, 3.05) is 0 Å². The highest BCUT2D eigenvalue weighted by Crippen LogP contribution is 2.53. The van der Waals surface area contributed by atoms with Gasteiger partial charge in [-0.2, -0.15) is 0 Å². The van der Waals surface area contributed by atoms with Crippen LogP contribution in [0.25, 0.3) is 58.8 Å². The van der Waals surface area contributed by atoms with E-state index in [1.54, 1.807) is 0 Å². The highest BCUT2D eigenvalue weighted by atomic mass is 32.1. The first-order valence-corrected chi connectivity index (χ1v) is 13.0. The Morgan fingerprint density at radius 1 is 0.600 bits per heavy atom. The minimum Gasteiger partial charge on any atom is -0.308 e. The molecule has 35 heavy (non-hydrogen) atoms. The van der Waals surface area contributed by atoms with Crippen LogP contribution >= 0.6 is 11.3 Å². The van der Waals surface area contributed by atoms with E-state index in [1.165, 1.54) is 69.9 Å². The molecule has 2 heteroatoms. The van der Waals surface area contributed by atoms with Gasteiger partial charge in [-0.15, -0.1) is 11.3 Å². The maximum absolute atomic E-state index is 2.50. The minimum atomic E-state index is -0.00515. The molecule has 1 nitrogen and oxygen atoms in total. The van der Waals surface area contributed by atoms with Gasteiger partial charge in [-0.05, 0) is 46.5 Å². The van der Waals surface area contributed by atoms with Crippen LogP contribution in [0.4, 0.5) is 0 Å². The minimum absolute atomic E-state index is 0.00515. The van der Waals surface area contributed by atoms with Crippen molar-refractivity contribution in [3.05, 3.63) is 114 Å². The molecule has 8 rings (SSSR count). The van der Waals surface area contributed by atoms with Crippen molar-refractivity contribution in [1.82, 2.24) is 4.57 Å². The monoisotopic (exact) mass is 465 g/mol. The molecule has 0 fully saturated rings. The summed E-state index contributed by atoms with van der Waals surface area (Å²) >= 11 is 1.90. The maximum atomic E-state index is 2.50. The number of hydrogen-bond donors (Lipinski definition) is 0. The highest BCUT2D eigenvalue weighted by molar-refractivity contribution is 7.26. The van der Waals surface area contributed by atoms with Gasteiger partial charge in [0.25, 0.3) is 0 Å². The molecule has 0 bridgehead atoms. The van der Waals surface area contributed by atoms with Crippen LogP contribution in [0.5, 0.6) is 0 Å². The first-order valence-electron chi connectivity index (χ1n) is 12.2. The van der Waals surface area contributed by atoms with Gasteiger partial charge in [0.15, 0.2) is 0 Å². The number of para-hydroxylation sites is 1. The maximum Gasteiger partial charge on any atom is 0.0640 e. The third-order valence-corrected chi connectivity index (χ3v) is 9.22. The molecule has 2 heterocycles. The second kappa shape index (κ2) is 6.62. The summed E-state index contributed by atoms with van der Waals surface area (Å²) in [5, 5.41) is 5.37. The van der Waals surface area contributed by atoms with Gasteiger partial charge in [-0.3, -0.25) is 0 Å². The van der Waals surface area contributed by atoms with E-state index in [0.717, 1.165) is 0 Å². The third kappa shape index (κ3) is 2.38. The fraction of sp³-hybridized carbons (Fsp3) is 0.0909. The number of thiophene rings is 1. The Morgan fingerprint density at radius 2 is 1.34 bits per heavy atom. The van der Waals surface area contributed by atoms with E-state index in [9.17, 15) is 0 Å². The summed E-state index contributed by atoms with van der Waals surface area (Å²) in [5.41, 5.74) is 9.43. The molecule has 0 saturated carbocycles. The van der Waals surface area contributed by atoms with E-state index >= 15 is 0 Å². The quantitative estimate of drug-likeness (QED) is 0.227. The zero-order valence-electron chi connectivity index (χ0n) is 19.7. The van der Waals surface area contributed by atoms with E-state index in [4.69, 9.17) is 0 Å². The van der Waals surface area contributed by atoms with E-state index in [2.05, 4.69) is 122 Å². The summed E-state index contributed by atoms with van der Waals surface area (Å²) in [7, 11) is 0. The van der Waals surface area contributed by atoms with Gasteiger partial charge in [0, 0.05) is 31.7 Å². The van der Waals surface area contributed by atoms with Crippen molar-refractivity contribution in [2.45, 2.75) is 19.3 Å². The molecule has 7 aromatic rings. The molecule has 1 aliphatic carbocycles. The van der Waals surface area contributed by atoms with E-state index in [-0.39, 0.29) is 5.41 Å². The predicted molar refractivity (Wildman–Crippen MR) is 151 cm³/mol. The number of nitrogens with zero attached hydrogens (tertiary/aromatic N) is 1. The Bertz CT molecular complexity index is 1980. The molecular formula is C33H23NS. The summed E-state index contributed by atoms with van der Waals surface area (Å²) < 4.78 is 5.18. The molecule has 2 aromatic heterocycles. The fourth-order valence-electron chi connectivity index (χ4n) is 6.42. The number of rotatable bonds is 1. The van der Waals surface area contributed by atoms with E-state index < -0.39 is 0 Å². The molecular weight excluding hydrogens is 442 g/mol. The zero-order chi connectivity index (χ0) is 23.3. The molecule has 0 radical (unpaired) electrons. The van der Waals surface area contributed by atoms with Crippen molar-refractivity contribution >= 4 is 53.3 Å². The fourth-order valence-corrected chi connectivity index (χ4v) is 7.63. The van der Waals surface area contributed by atoms with Gasteiger partial charge in [0.1, 0.15) is 0 Å². The lowest BCUT2D eigenvalue weighted by Gasteiger charge is -2.21. The Kier molecular flexibility index (Phi) is 3.67. The number of fused-ring (bicyclic) bond motifs is 10. The Labute approximate surface area is 207 Å². The second-order valence-electron chi connectivity index (χ2n) is 10.2. The van der Waals surface area contributed by atoms with Crippen LogP contribution in [-0.2, 0) is 5.41 Å². The molecule has 0 unspecified atom stereocenters. The summed E-state index contributed by atoms with van der Waals surface area (Å²) in [6, 6.07) is 38.1. The molecule has 0 saturated heterocycles. The van der Waals surface area contributed by atoms with Gasteiger partial charge >= 0.3 is 0 Å². The molecule has 0 atom stereocenters. The number of hydrogen-bond acceptors (Lipinski definition) is 1. The van der Waals surface area contributed by atoms with Crippen LogP contribution in [0.15, 0.2) is 103 Å². The van der Waals surface area contributed by atoms with Crippen LogP contribution in [0.2, 0.25) is 0 Å². The second-order valence-corrected chi connectivity index (χ2v) is 11.2. The van der Waals surface area contributed by atoms with Crippen molar-refractivity contribution in [2.24, 2.45) is 0 Å². The van der Waals surface area contributed by atoms with E-state index in [0.29, 0.717) is 0 Å². The molecule has 1 aliphatic rings. The Balaban J connectivity index is 1.57. The zero-order valence-corrected chi connectivity index (χ0v) is 20.5. The highest BCUT2D eigenvalue weighted by Gasteiger charge is 2.37. The van der Waals surface area contributed by atoms with Gasteiger partial charge in [-0.1, -0.05) is 92.7 Å². The van der Waals surface area contributed by atoms with E-state index in [1.807, 2.05) is 11.3 Å². The first-order chi connectivity index (χ1) is 17.1. The van der Waals surface area contributed by atoms with Crippen molar-refractivity contribution in [3.8, 4) is 16.8 Å². The first kappa shape index (κ1) is 19.4. The van der Waals surface area contributed by atoms with Crippen LogP contribution in [0, 0.1) is 0 Å². The smallest absolute Gasteiger partial charge is 0.0640 e. The number of aromatic nitrogens is 1. The molecule has 0 spiro atoms. The average Bonchev–Trinajstić information content (AvgIpc) is 3.51. The molecule has 166 valence electrons. The topological polar surface area (TPSA) is 4.93 Å². The number of benzene rings is 5. The Hall–Kier alpha value is -3.88. The van der Waals surface area contributed by atoms with Gasteiger partial charge in [0.2, 0.25) is 0 Å². The third-order valence-electron chi connectivity index (χ3n) is 8.01. The summed E-state index contributed by atoms with van der Waals surface area (Å²) in [6.45, 7) is 4.72. The van der Waals surface area contributed by atoms with Gasteiger partial charge in [0.05, 0.1) is 21.4 Å². The average molecular weight is 466 g/mol. The van der Waals surface area contributed by atoms with Crippen LogP contribution in [0.3, 0.4) is 0 Å².